The molecule has 0 aliphatic carbocycles. The molecule has 2 fully saturated rings. The average molecular weight is 333 g/mol. The van der Waals surface area contributed by atoms with Crippen LogP contribution in [0.5, 0.6) is 0 Å². The number of halogens is 1. The molecule has 0 spiro atoms. The molecule has 2 saturated heterocycles. The number of anilines is 1. The zero-order chi connectivity index (χ0) is 17.1. The molecule has 2 aliphatic rings. The van der Waals surface area contributed by atoms with Crippen LogP contribution in [0.2, 0.25) is 0 Å². The van der Waals surface area contributed by atoms with E-state index in [0.29, 0.717) is 24.3 Å². The van der Waals surface area contributed by atoms with Gasteiger partial charge >= 0.3 is 0 Å². The minimum Gasteiger partial charge on any atom is -0.369 e. The third-order valence-corrected chi connectivity index (χ3v) is 4.93. The Hall–Kier alpha value is -2.11. The number of amides is 2. The quantitative estimate of drug-likeness (QED) is 0.922. The largest absolute Gasteiger partial charge is 0.369 e. The number of piperidine rings is 1. The number of nitrogens with zero attached hydrogens (tertiary/aromatic N) is 2. The molecule has 1 aromatic carbocycles. The van der Waals surface area contributed by atoms with E-state index < -0.39 is 0 Å². The summed E-state index contributed by atoms with van der Waals surface area (Å²) in [6, 6.07) is 4.76. The van der Waals surface area contributed by atoms with Gasteiger partial charge in [0, 0.05) is 44.7 Å². The summed E-state index contributed by atoms with van der Waals surface area (Å²) in [5.41, 5.74) is 0.934. The van der Waals surface area contributed by atoms with Crippen LogP contribution in [0.3, 0.4) is 0 Å². The van der Waals surface area contributed by atoms with Crippen LogP contribution in [0.25, 0.3) is 0 Å². The summed E-state index contributed by atoms with van der Waals surface area (Å²) < 4.78 is 14.3. The first-order valence-electron chi connectivity index (χ1n) is 8.65. The van der Waals surface area contributed by atoms with Gasteiger partial charge in [0.15, 0.2) is 0 Å². The van der Waals surface area contributed by atoms with Crippen molar-refractivity contribution in [2.75, 3.05) is 31.1 Å². The summed E-state index contributed by atoms with van der Waals surface area (Å²) in [6.07, 6.45) is 3.64. The lowest BCUT2D eigenvalue weighted by atomic mass is 10.0. The second kappa shape index (κ2) is 7.20. The lowest BCUT2D eigenvalue weighted by Gasteiger charge is -2.31. The Bertz CT molecular complexity index is 621. The maximum atomic E-state index is 14.3. The van der Waals surface area contributed by atoms with Gasteiger partial charge in [-0.3, -0.25) is 9.59 Å². The molecular weight excluding hydrogens is 309 g/mol. The van der Waals surface area contributed by atoms with Crippen molar-refractivity contribution in [1.29, 1.82) is 0 Å². The van der Waals surface area contributed by atoms with E-state index in [1.165, 1.54) is 6.07 Å². The Morgan fingerprint density at radius 3 is 2.38 bits per heavy atom. The highest BCUT2D eigenvalue weighted by Gasteiger charge is 2.23. The summed E-state index contributed by atoms with van der Waals surface area (Å²) in [5, 5.41) is 2.95. The van der Waals surface area contributed by atoms with Gasteiger partial charge in [-0.15, -0.1) is 0 Å². The average Bonchev–Trinajstić information content (AvgIpc) is 3.09. The SMILES string of the molecule is CC(=O)N1CCC(NC(=O)c2ccc(N3CCCC3)c(F)c2)CC1. The molecule has 2 heterocycles. The number of benzene rings is 1. The van der Waals surface area contributed by atoms with E-state index in [0.717, 1.165) is 38.8 Å². The number of likely N-dealkylation sites (tertiary alicyclic amines) is 1. The second-order valence-electron chi connectivity index (χ2n) is 6.61. The summed E-state index contributed by atoms with van der Waals surface area (Å²) >= 11 is 0. The predicted molar refractivity (Wildman–Crippen MR) is 90.6 cm³/mol. The molecule has 0 aromatic heterocycles. The molecule has 6 heteroatoms. The van der Waals surface area contributed by atoms with Crippen LogP contribution < -0.4 is 10.2 Å². The highest BCUT2D eigenvalue weighted by Crippen LogP contribution is 2.24. The van der Waals surface area contributed by atoms with Crippen molar-refractivity contribution in [2.24, 2.45) is 0 Å². The first-order chi connectivity index (χ1) is 11.5. The molecule has 1 aromatic rings. The fourth-order valence-electron chi connectivity index (χ4n) is 3.47. The van der Waals surface area contributed by atoms with Gasteiger partial charge in [-0.2, -0.15) is 0 Å². The Labute approximate surface area is 141 Å². The zero-order valence-corrected chi connectivity index (χ0v) is 14.1. The third kappa shape index (κ3) is 3.68. The molecule has 24 heavy (non-hydrogen) atoms. The van der Waals surface area contributed by atoms with Crippen molar-refractivity contribution < 1.29 is 14.0 Å². The lowest BCUT2D eigenvalue weighted by Crippen LogP contribution is -2.46. The van der Waals surface area contributed by atoms with Gasteiger partial charge in [0.1, 0.15) is 5.82 Å². The molecule has 0 bridgehead atoms. The Morgan fingerprint density at radius 2 is 1.79 bits per heavy atom. The first kappa shape index (κ1) is 16.7. The minimum atomic E-state index is -0.337. The fourth-order valence-corrected chi connectivity index (χ4v) is 3.47. The Morgan fingerprint density at radius 1 is 1.12 bits per heavy atom. The van der Waals surface area contributed by atoms with Crippen LogP contribution >= 0.6 is 0 Å². The Kier molecular flexibility index (Phi) is 5.02. The van der Waals surface area contributed by atoms with Gasteiger partial charge in [-0.1, -0.05) is 0 Å². The van der Waals surface area contributed by atoms with Crippen molar-refractivity contribution in [3.63, 3.8) is 0 Å². The summed E-state index contributed by atoms with van der Waals surface area (Å²) in [4.78, 5) is 27.5. The maximum Gasteiger partial charge on any atom is 0.251 e. The number of nitrogens with one attached hydrogen (secondary N) is 1. The monoisotopic (exact) mass is 333 g/mol. The van der Waals surface area contributed by atoms with Crippen LogP contribution in [0, 0.1) is 5.82 Å². The molecule has 3 rings (SSSR count). The van der Waals surface area contributed by atoms with Crippen LogP contribution in [0.1, 0.15) is 43.0 Å². The van der Waals surface area contributed by atoms with Crippen molar-refractivity contribution in [1.82, 2.24) is 10.2 Å². The van der Waals surface area contributed by atoms with Gasteiger partial charge < -0.3 is 15.1 Å². The highest BCUT2D eigenvalue weighted by molar-refractivity contribution is 5.94. The number of carbonyl (C=O) groups is 2. The van der Waals surface area contributed by atoms with E-state index in [4.69, 9.17) is 0 Å². The van der Waals surface area contributed by atoms with E-state index in [1.54, 1.807) is 24.0 Å². The van der Waals surface area contributed by atoms with Gasteiger partial charge in [-0.25, -0.2) is 4.39 Å². The minimum absolute atomic E-state index is 0.0365. The third-order valence-electron chi connectivity index (χ3n) is 4.93. The van der Waals surface area contributed by atoms with Crippen molar-refractivity contribution in [3.05, 3.63) is 29.6 Å². The van der Waals surface area contributed by atoms with Gasteiger partial charge in [-0.05, 0) is 43.9 Å². The van der Waals surface area contributed by atoms with Crippen molar-refractivity contribution in [3.8, 4) is 0 Å². The molecule has 2 aliphatic heterocycles. The van der Waals surface area contributed by atoms with Crippen LogP contribution in [0.4, 0.5) is 10.1 Å². The van der Waals surface area contributed by atoms with E-state index in [2.05, 4.69) is 5.32 Å². The lowest BCUT2D eigenvalue weighted by molar-refractivity contribution is -0.129. The number of hydrogen-bond acceptors (Lipinski definition) is 3. The molecule has 130 valence electrons. The first-order valence-corrected chi connectivity index (χ1v) is 8.65. The van der Waals surface area contributed by atoms with Crippen LogP contribution in [-0.2, 0) is 4.79 Å². The topological polar surface area (TPSA) is 52.7 Å². The molecule has 2 amide bonds. The molecular formula is C18H24FN3O2. The van der Waals surface area contributed by atoms with Crippen LogP contribution in [-0.4, -0.2) is 48.9 Å². The summed E-state index contributed by atoms with van der Waals surface area (Å²) in [5.74, 6) is -0.515. The highest BCUT2D eigenvalue weighted by atomic mass is 19.1. The summed E-state index contributed by atoms with van der Waals surface area (Å²) in [7, 11) is 0. The van der Waals surface area contributed by atoms with Gasteiger partial charge in [0.25, 0.3) is 5.91 Å². The van der Waals surface area contributed by atoms with Crippen molar-refractivity contribution in [2.45, 2.75) is 38.6 Å². The molecule has 1 N–H and O–H groups in total. The second-order valence-corrected chi connectivity index (χ2v) is 6.61. The normalized spacial score (nSPS) is 18.8. The van der Waals surface area contributed by atoms with Crippen LogP contribution in [0.15, 0.2) is 18.2 Å². The van der Waals surface area contributed by atoms with Gasteiger partial charge in [0.05, 0.1) is 5.69 Å². The standard InChI is InChI=1S/C18H24FN3O2/c1-13(23)21-10-6-15(7-11-21)20-18(24)14-4-5-17(16(19)12-14)22-8-2-3-9-22/h4-5,12,15H,2-3,6-11H2,1H3,(H,20,24). The molecule has 0 saturated carbocycles. The maximum absolute atomic E-state index is 14.3. The molecule has 0 radical (unpaired) electrons. The summed E-state index contributed by atoms with van der Waals surface area (Å²) in [6.45, 7) is 4.61. The van der Waals surface area contributed by atoms with E-state index in [9.17, 15) is 14.0 Å². The Balaban J connectivity index is 1.59. The molecule has 5 nitrogen and oxygen atoms in total. The predicted octanol–water partition coefficient (Wildman–Crippen LogP) is 2.17. The van der Waals surface area contributed by atoms with E-state index >= 15 is 0 Å². The zero-order valence-electron chi connectivity index (χ0n) is 14.1. The fraction of sp³-hybridized carbons (Fsp3) is 0.556. The smallest absolute Gasteiger partial charge is 0.251 e. The molecule has 0 unspecified atom stereocenters. The number of hydrogen-bond donors (Lipinski definition) is 1. The van der Waals surface area contributed by atoms with Crippen molar-refractivity contribution >= 4 is 17.5 Å². The number of carbonyl (C=O) groups excluding carboxylic acids is 2. The van der Waals surface area contributed by atoms with E-state index in [1.807, 2.05) is 4.90 Å². The van der Waals surface area contributed by atoms with E-state index in [-0.39, 0.29) is 23.7 Å². The van der Waals surface area contributed by atoms with Gasteiger partial charge in [0.2, 0.25) is 5.91 Å². The molecule has 0 atom stereocenters. The number of rotatable bonds is 3.